The summed E-state index contributed by atoms with van der Waals surface area (Å²) in [4.78, 5) is 9.15. The smallest absolute Gasteiger partial charge is 0.278 e. The molecule has 4 heterocycles. The van der Waals surface area contributed by atoms with Gasteiger partial charge in [-0.1, -0.05) is 23.4 Å². The predicted molar refractivity (Wildman–Crippen MR) is 89.2 cm³/mol. The van der Waals surface area contributed by atoms with Crippen molar-refractivity contribution in [3.63, 3.8) is 0 Å². The maximum atomic E-state index is 5.51. The molecule has 0 saturated heterocycles. The van der Waals surface area contributed by atoms with Crippen molar-refractivity contribution in [1.82, 2.24) is 29.5 Å². The first kappa shape index (κ1) is 13.1. The Labute approximate surface area is 142 Å². The van der Waals surface area contributed by atoms with Crippen LogP contribution in [0.25, 0.3) is 28.5 Å². The van der Waals surface area contributed by atoms with Crippen LogP contribution in [0, 0.1) is 0 Å². The molecule has 0 bridgehead atoms. The van der Waals surface area contributed by atoms with E-state index >= 15 is 0 Å². The summed E-state index contributed by atoms with van der Waals surface area (Å²) in [6.45, 7) is 0.605. The zero-order valence-electron chi connectivity index (χ0n) is 13.3. The summed E-state index contributed by atoms with van der Waals surface area (Å²) in [6, 6.07) is 10.3. The second-order valence-corrected chi connectivity index (χ2v) is 6.53. The molecule has 0 unspecified atom stereocenters. The summed E-state index contributed by atoms with van der Waals surface area (Å²) in [5.74, 6) is 1.74. The number of para-hydroxylation sites is 1. The zero-order chi connectivity index (χ0) is 16.4. The monoisotopic (exact) mass is 330 g/mol. The number of fused-ring (bicyclic) bond motifs is 5. The molecule has 7 heteroatoms. The third kappa shape index (κ3) is 1.86. The van der Waals surface area contributed by atoms with E-state index in [2.05, 4.69) is 36.9 Å². The molecule has 1 fully saturated rings. The van der Waals surface area contributed by atoms with Crippen molar-refractivity contribution in [2.24, 2.45) is 0 Å². The maximum absolute atomic E-state index is 5.51. The molecule has 1 saturated carbocycles. The number of imidazole rings is 1. The Balaban J connectivity index is 1.57. The van der Waals surface area contributed by atoms with Gasteiger partial charge in [-0.3, -0.25) is 9.25 Å². The Kier molecular flexibility index (Phi) is 2.44. The van der Waals surface area contributed by atoms with E-state index in [1.807, 2.05) is 35.4 Å². The minimum atomic E-state index is 0.456. The fraction of sp³-hybridized carbons (Fsp3) is 0.222. The first-order valence-corrected chi connectivity index (χ1v) is 8.40. The van der Waals surface area contributed by atoms with Crippen LogP contribution < -0.4 is 0 Å². The fourth-order valence-electron chi connectivity index (χ4n) is 3.48. The van der Waals surface area contributed by atoms with Crippen LogP contribution in [-0.4, -0.2) is 29.5 Å². The number of rotatable bonds is 2. The van der Waals surface area contributed by atoms with E-state index in [0.29, 0.717) is 18.4 Å². The summed E-state index contributed by atoms with van der Waals surface area (Å²) in [5.41, 5.74) is 5.04. The molecule has 1 aliphatic carbocycles. The minimum absolute atomic E-state index is 0.456. The standard InChI is InChI=1S/C18H14N6O/c1-2-4-13-12(3-1)14-7-8-20-24(14)9-15-16(19-10-23(13)15)18-21-17(22-25-18)11-5-6-11/h1-4,7-8,10-11H,5-6,9H2. The van der Waals surface area contributed by atoms with Crippen LogP contribution in [0.4, 0.5) is 0 Å². The molecule has 0 radical (unpaired) electrons. The van der Waals surface area contributed by atoms with E-state index in [0.717, 1.165) is 47.0 Å². The van der Waals surface area contributed by atoms with Crippen LogP contribution in [-0.2, 0) is 6.54 Å². The normalized spacial score (nSPS) is 15.4. The number of aromatic nitrogens is 6. The Morgan fingerprint density at radius 2 is 2.04 bits per heavy atom. The van der Waals surface area contributed by atoms with E-state index in [1.54, 1.807) is 0 Å². The van der Waals surface area contributed by atoms with Crippen molar-refractivity contribution in [3.05, 3.63) is 54.4 Å². The highest BCUT2D eigenvalue weighted by Crippen LogP contribution is 2.39. The Bertz CT molecular complexity index is 1100. The molecule has 0 spiro atoms. The summed E-state index contributed by atoms with van der Waals surface area (Å²) < 4.78 is 9.59. The Morgan fingerprint density at radius 3 is 2.96 bits per heavy atom. The first-order chi connectivity index (χ1) is 12.4. The van der Waals surface area contributed by atoms with Gasteiger partial charge in [-0.05, 0) is 25.0 Å². The molecule has 7 nitrogen and oxygen atoms in total. The molecule has 0 atom stereocenters. The van der Waals surface area contributed by atoms with Gasteiger partial charge in [0.2, 0.25) is 0 Å². The number of nitrogens with zero attached hydrogens (tertiary/aromatic N) is 6. The topological polar surface area (TPSA) is 74.6 Å². The van der Waals surface area contributed by atoms with Crippen LogP contribution >= 0.6 is 0 Å². The first-order valence-electron chi connectivity index (χ1n) is 8.40. The zero-order valence-corrected chi connectivity index (χ0v) is 13.3. The molecule has 0 amide bonds. The third-order valence-corrected chi connectivity index (χ3v) is 4.91. The molecule has 6 rings (SSSR count). The van der Waals surface area contributed by atoms with Crippen molar-refractivity contribution in [3.8, 4) is 28.5 Å². The largest absolute Gasteiger partial charge is 0.332 e. The third-order valence-electron chi connectivity index (χ3n) is 4.91. The molecular weight excluding hydrogens is 316 g/mol. The van der Waals surface area contributed by atoms with Gasteiger partial charge in [0.15, 0.2) is 11.5 Å². The molecule has 4 aromatic rings. The predicted octanol–water partition coefficient (Wildman–Crippen LogP) is 3.02. The van der Waals surface area contributed by atoms with Crippen LogP contribution in [0.2, 0.25) is 0 Å². The van der Waals surface area contributed by atoms with Crippen molar-refractivity contribution < 1.29 is 4.52 Å². The van der Waals surface area contributed by atoms with E-state index < -0.39 is 0 Å². The highest BCUT2D eigenvalue weighted by molar-refractivity contribution is 5.72. The second-order valence-electron chi connectivity index (χ2n) is 6.53. The Hall–Kier alpha value is -3.22. The number of benzene rings is 1. The highest BCUT2D eigenvalue weighted by atomic mass is 16.5. The van der Waals surface area contributed by atoms with E-state index in [9.17, 15) is 0 Å². The lowest BCUT2D eigenvalue weighted by molar-refractivity contribution is 0.421. The van der Waals surface area contributed by atoms with Gasteiger partial charge in [-0.25, -0.2) is 4.98 Å². The van der Waals surface area contributed by atoms with Crippen molar-refractivity contribution in [2.75, 3.05) is 0 Å². The SMILES string of the molecule is c1ccc2c(c1)-c1ccnn1Cc1c(-c3nc(C4CC4)no3)ncn1-2. The average molecular weight is 330 g/mol. The molecule has 0 N–H and O–H groups in total. The van der Waals surface area contributed by atoms with Crippen molar-refractivity contribution in [2.45, 2.75) is 25.3 Å². The van der Waals surface area contributed by atoms with Gasteiger partial charge in [0, 0.05) is 17.7 Å². The van der Waals surface area contributed by atoms with Gasteiger partial charge in [0.1, 0.15) is 6.33 Å². The van der Waals surface area contributed by atoms with Crippen LogP contribution in [0.1, 0.15) is 30.3 Å². The van der Waals surface area contributed by atoms with Crippen LogP contribution in [0.5, 0.6) is 0 Å². The summed E-state index contributed by atoms with van der Waals surface area (Å²) in [7, 11) is 0. The van der Waals surface area contributed by atoms with Crippen LogP contribution in [0.15, 0.2) is 47.4 Å². The molecule has 25 heavy (non-hydrogen) atoms. The molecule has 122 valence electrons. The average Bonchev–Trinajstić information content (AvgIpc) is 3.07. The van der Waals surface area contributed by atoms with Gasteiger partial charge in [-0.2, -0.15) is 10.1 Å². The van der Waals surface area contributed by atoms with E-state index in [1.165, 1.54) is 0 Å². The summed E-state index contributed by atoms with van der Waals surface area (Å²) >= 11 is 0. The summed E-state index contributed by atoms with van der Waals surface area (Å²) in [6.07, 6.45) is 5.95. The fourth-order valence-corrected chi connectivity index (χ4v) is 3.48. The van der Waals surface area contributed by atoms with Gasteiger partial charge in [0.05, 0.1) is 23.6 Å². The molecule has 1 aliphatic heterocycles. The Morgan fingerprint density at radius 1 is 1.12 bits per heavy atom. The lowest BCUT2D eigenvalue weighted by Crippen LogP contribution is -2.05. The van der Waals surface area contributed by atoms with E-state index in [4.69, 9.17) is 4.52 Å². The molecule has 1 aromatic carbocycles. The van der Waals surface area contributed by atoms with Crippen molar-refractivity contribution in [1.29, 1.82) is 0 Å². The maximum Gasteiger partial charge on any atom is 0.278 e. The summed E-state index contributed by atoms with van der Waals surface area (Å²) in [5, 5.41) is 8.61. The van der Waals surface area contributed by atoms with Gasteiger partial charge >= 0.3 is 0 Å². The molecule has 2 aliphatic rings. The number of hydrogen-bond acceptors (Lipinski definition) is 5. The minimum Gasteiger partial charge on any atom is -0.332 e. The lowest BCUT2D eigenvalue weighted by atomic mass is 10.1. The highest BCUT2D eigenvalue weighted by Gasteiger charge is 2.31. The van der Waals surface area contributed by atoms with Gasteiger partial charge in [-0.15, -0.1) is 0 Å². The lowest BCUT2D eigenvalue weighted by Gasteiger charge is -2.07. The quantitative estimate of drug-likeness (QED) is 0.497. The molecule has 3 aromatic heterocycles. The van der Waals surface area contributed by atoms with E-state index in [-0.39, 0.29) is 0 Å². The second kappa shape index (κ2) is 4.66. The number of hydrogen-bond donors (Lipinski definition) is 0. The van der Waals surface area contributed by atoms with Crippen LogP contribution in [0.3, 0.4) is 0 Å². The van der Waals surface area contributed by atoms with Crippen molar-refractivity contribution >= 4 is 0 Å². The van der Waals surface area contributed by atoms with Gasteiger partial charge in [0.25, 0.3) is 5.89 Å². The molecular formula is C18H14N6O. The van der Waals surface area contributed by atoms with Gasteiger partial charge < -0.3 is 4.52 Å².